The first-order valence-electron chi connectivity index (χ1n) is 18.6. The molecule has 0 N–H and O–H groups in total. The minimum absolute atomic E-state index is 0.561. The minimum Gasteiger partial charge on any atom is -0.208 e. The summed E-state index contributed by atoms with van der Waals surface area (Å²) < 4.78 is 0. The molecular formula is C52H37N3. The zero-order chi connectivity index (χ0) is 37.0. The summed E-state index contributed by atoms with van der Waals surface area (Å²) in [6, 6.07) is 68.2. The number of benzene rings is 7. The number of fused-ring (bicyclic) bond motifs is 1. The smallest absolute Gasteiger partial charge is 0.164 e. The van der Waals surface area contributed by atoms with Crippen LogP contribution in [0.4, 0.5) is 0 Å². The summed E-state index contributed by atoms with van der Waals surface area (Å²) in [4.78, 5) is 15.1. The summed E-state index contributed by atoms with van der Waals surface area (Å²) in [6.07, 6.45) is 6.09. The second-order valence-electron chi connectivity index (χ2n) is 13.6. The molecule has 0 aliphatic heterocycles. The third-order valence-corrected chi connectivity index (χ3v) is 10.4. The molecule has 0 fully saturated rings. The fourth-order valence-corrected chi connectivity index (χ4v) is 7.95. The zero-order valence-corrected chi connectivity index (χ0v) is 30.3. The Morgan fingerprint density at radius 1 is 0.382 bits per heavy atom. The second kappa shape index (κ2) is 14.7. The number of hydrogen-bond acceptors (Lipinski definition) is 3. The third-order valence-electron chi connectivity index (χ3n) is 10.4. The van der Waals surface area contributed by atoms with Crippen molar-refractivity contribution in [1.29, 1.82) is 0 Å². The van der Waals surface area contributed by atoms with Gasteiger partial charge in [-0.3, -0.25) is 0 Å². The molecule has 0 spiro atoms. The summed E-state index contributed by atoms with van der Waals surface area (Å²) >= 11 is 0. The molecule has 7 aromatic carbocycles. The van der Waals surface area contributed by atoms with Crippen LogP contribution in [0.3, 0.4) is 0 Å². The molecule has 1 heterocycles. The van der Waals surface area contributed by atoms with Crippen LogP contribution in [0.25, 0.3) is 56.4 Å². The van der Waals surface area contributed by atoms with E-state index in [1.807, 2.05) is 48.6 Å². The molecule has 55 heavy (non-hydrogen) atoms. The Balaban J connectivity index is 1.20. The van der Waals surface area contributed by atoms with Gasteiger partial charge in [-0.2, -0.15) is 0 Å². The van der Waals surface area contributed by atoms with Gasteiger partial charge in [0.2, 0.25) is 0 Å². The standard InChI is InChI=1S/C52H37N3/c1-2-3-26-46-45-27-16-17-28-47(45)52(43-22-12-6-13-23-43,44-24-14-7-15-25-44)48(46)39-31-35-42(36-32-39)51-54-49(40-20-10-5-11-21-40)53-50(55-51)41-33-29-38(30-34-41)37-18-8-4-9-19-37/h2-36H,1H2/b26-3-. The Kier molecular flexibility index (Phi) is 8.95. The summed E-state index contributed by atoms with van der Waals surface area (Å²) in [5.74, 6) is 1.88. The fourth-order valence-electron chi connectivity index (χ4n) is 7.95. The van der Waals surface area contributed by atoms with Crippen LogP contribution in [0.5, 0.6) is 0 Å². The molecule has 1 aliphatic carbocycles. The van der Waals surface area contributed by atoms with Crippen molar-refractivity contribution in [2.75, 3.05) is 0 Å². The lowest BCUT2D eigenvalue weighted by Gasteiger charge is -2.36. The predicted molar refractivity (Wildman–Crippen MR) is 227 cm³/mol. The van der Waals surface area contributed by atoms with Gasteiger partial charge in [-0.1, -0.05) is 219 Å². The molecule has 0 bridgehead atoms. The van der Waals surface area contributed by atoms with Crippen LogP contribution in [-0.4, -0.2) is 15.0 Å². The zero-order valence-electron chi connectivity index (χ0n) is 30.3. The molecule has 1 aliphatic rings. The number of rotatable bonds is 9. The molecular weight excluding hydrogens is 667 g/mol. The van der Waals surface area contributed by atoms with Crippen molar-refractivity contribution in [1.82, 2.24) is 15.0 Å². The predicted octanol–water partition coefficient (Wildman–Crippen LogP) is 12.5. The lowest BCUT2D eigenvalue weighted by Crippen LogP contribution is -2.29. The number of allylic oxidation sites excluding steroid dienone is 5. The number of nitrogens with zero attached hydrogens (tertiary/aromatic N) is 3. The van der Waals surface area contributed by atoms with Gasteiger partial charge in [-0.05, 0) is 50.1 Å². The van der Waals surface area contributed by atoms with Gasteiger partial charge >= 0.3 is 0 Å². The SMILES string of the molecule is C=C/C=C\C1=C(c2ccc(-c3nc(-c4ccccc4)nc(-c4ccc(-c5ccccc5)cc4)n3)cc2)C(c2ccccc2)(c2ccccc2)c2ccccc21. The van der Waals surface area contributed by atoms with Crippen molar-refractivity contribution in [3.8, 4) is 45.3 Å². The molecule has 0 radical (unpaired) electrons. The summed E-state index contributed by atoms with van der Waals surface area (Å²) in [6.45, 7) is 4.02. The highest BCUT2D eigenvalue weighted by molar-refractivity contribution is 6.09. The van der Waals surface area contributed by atoms with Gasteiger partial charge in [0.25, 0.3) is 0 Å². The van der Waals surface area contributed by atoms with E-state index in [1.165, 1.54) is 39.0 Å². The highest BCUT2D eigenvalue weighted by Gasteiger charge is 2.47. The quantitative estimate of drug-likeness (QED) is 0.141. The molecule has 0 unspecified atom stereocenters. The monoisotopic (exact) mass is 703 g/mol. The van der Waals surface area contributed by atoms with E-state index >= 15 is 0 Å². The van der Waals surface area contributed by atoms with Crippen LogP contribution in [0.15, 0.2) is 219 Å². The maximum Gasteiger partial charge on any atom is 0.164 e. The average Bonchev–Trinajstić information content (AvgIpc) is 3.57. The van der Waals surface area contributed by atoms with Crippen LogP contribution >= 0.6 is 0 Å². The molecule has 3 heteroatoms. The molecule has 3 nitrogen and oxygen atoms in total. The van der Waals surface area contributed by atoms with E-state index in [0.29, 0.717) is 17.5 Å². The fraction of sp³-hybridized carbons (Fsp3) is 0.0192. The van der Waals surface area contributed by atoms with Gasteiger partial charge in [-0.25, -0.2) is 15.0 Å². The topological polar surface area (TPSA) is 38.7 Å². The van der Waals surface area contributed by atoms with Gasteiger partial charge in [0.15, 0.2) is 17.5 Å². The average molecular weight is 704 g/mol. The second-order valence-corrected chi connectivity index (χ2v) is 13.6. The Hall–Kier alpha value is -7.23. The molecule has 9 rings (SSSR count). The van der Waals surface area contributed by atoms with E-state index in [-0.39, 0.29) is 0 Å². The van der Waals surface area contributed by atoms with Gasteiger partial charge in [0.1, 0.15) is 0 Å². The van der Waals surface area contributed by atoms with E-state index in [0.717, 1.165) is 27.8 Å². The molecule has 0 amide bonds. The number of hydrogen-bond donors (Lipinski definition) is 0. The van der Waals surface area contributed by atoms with Crippen LogP contribution in [0.1, 0.15) is 27.8 Å². The maximum atomic E-state index is 5.08. The molecule has 1 aromatic heterocycles. The maximum absolute atomic E-state index is 5.08. The summed E-state index contributed by atoms with van der Waals surface area (Å²) in [5, 5.41) is 0. The number of aromatic nitrogens is 3. The van der Waals surface area contributed by atoms with Crippen LogP contribution in [0.2, 0.25) is 0 Å². The molecule has 8 aromatic rings. The van der Waals surface area contributed by atoms with Crippen molar-refractivity contribution >= 4 is 11.1 Å². The lowest BCUT2D eigenvalue weighted by atomic mass is 9.65. The minimum atomic E-state index is -0.561. The first-order chi connectivity index (χ1) is 27.2. The van der Waals surface area contributed by atoms with Gasteiger partial charge in [-0.15, -0.1) is 0 Å². The van der Waals surface area contributed by atoms with E-state index in [1.54, 1.807) is 0 Å². The largest absolute Gasteiger partial charge is 0.208 e. The van der Waals surface area contributed by atoms with Gasteiger partial charge in [0, 0.05) is 16.7 Å². The Bertz CT molecular complexity index is 2620. The van der Waals surface area contributed by atoms with Crippen molar-refractivity contribution < 1.29 is 0 Å². The van der Waals surface area contributed by atoms with Gasteiger partial charge < -0.3 is 0 Å². The van der Waals surface area contributed by atoms with E-state index in [4.69, 9.17) is 15.0 Å². The first-order valence-corrected chi connectivity index (χ1v) is 18.6. The van der Waals surface area contributed by atoms with Crippen LogP contribution in [-0.2, 0) is 5.41 Å². The van der Waals surface area contributed by atoms with Crippen LogP contribution in [0, 0.1) is 0 Å². The molecule has 260 valence electrons. The molecule has 0 atom stereocenters. The van der Waals surface area contributed by atoms with Crippen molar-refractivity contribution in [3.63, 3.8) is 0 Å². The highest BCUT2D eigenvalue weighted by Crippen LogP contribution is 2.58. The van der Waals surface area contributed by atoms with Crippen molar-refractivity contribution in [2.24, 2.45) is 0 Å². The normalized spacial score (nSPS) is 13.2. The van der Waals surface area contributed by atoms with E-state index in [2.05, 4.69) is 170 Å². The van der Waals surface area contributed by atoms with Crippen LogP contribution < -0.4 is 0 Å². The lowest BCUT2D eigenvalue weighted by molar-refractivity contribution is 0.814. The van der Waals surface area contributed by atoms with Crippen molar-refractivity contribution in [2.45, 2.75) is 5.41 Å². The van der Waals surface area contributed by atoms with E-state index < -0.39 is 5.41 Å². The Labute approximate surface area is 322 Å². The van der Waals surface area contributed by atoms with Crippen molar-refractivity contribution in [3.05, 3.63) is 247 Å². The highest BCUT2D eigenvalue weighted by atomic mass is 15.0. The molecule has 0 saturated carbocycles. The summed E-state index contributed by atoms with van der Waals surface area (Å²) in [7, 11) is 0. The third kappa shape index (κ3) is 6.12. The first kappa shape index (κ1) is 33.6. The molecule has 0 saturated heterocycles. The Morgan fingerprint density at radius 2 is 0.764 bits per heavy atom. The van der Waals surface area contributed by atoms with E-state index in [9.17, 15) is 0 Å². The Morgan fingerprint density at radius 3 is 1.27 bits per heavy atom. The summed E-state index contributed by atoms with van der Waals surface area (Å²) in [5.41, 5.74) is 12.9. The van der Waals surface area contributed by atoms with Gasteiger partial charge in [0.05, 0.1) is 5.41 Å².